The fourth-order valence-corrected chi connectivity index (χ4v) is 6.70. The van der Waals surface area contributed by atoms with Crippen molar-refractivity contribution in [2.45, 2.75) is 43.9 Å². The topological polar surface area (TPSA) is 90.0 Å². The Morgan fingerprint density at radius 3 is 2.30 bits per heavy atom. The summed E-state index contributed by atoms with van der Waals surface area (Å²) >= 11 is 6.11. The average molecular weight is 555 g/mol. The summed E-state index contributed by atoms with van der Waals surface area (Å²) in [6.07, 6.45) is 1.38. The van der Waals surface area contributed by atoms with Gasteiger partial charge in [-0.15, -0.1) is 0 Å². The Morgan fingerprint density at radius 2 is 1.55 bits per heavy atom. The summed E-state index contributed by atoms with van der Waals surface area (Å²) in [5.74, 6) is -1.93. The van der Waals surface area contributed by atoms with Crippen LogP contribution in [-0.4, -0.2) is 64.6 Å². The number of carbonyl (C=O) groups excluding carboxylic acids is 4. The molecule has 0 radical (unpaired) electrons. The van der Waals surface area contributed by atoms with E-state index in [9.17, 15) is 19.2 Å². The van der Waals surface area contributed by atoms with Gasteiger partial charge in [-0.3, -0.25) is 34.3 Å². The smallest absolute Gasteiger partial charge is 0.262 e. The zero-order valence-electron chi connectivity index (χ0n) is 21.7. The summed E-state index contributed by atoms with van der Waals surface area (Å²) in [5.41, 5.74) is 5.17. The molecule has 4 saturated heterocycles. The van der Waals surface area contributed by atoms with Gasteiger partial charge in [0.25, 0.3) is 11.8 Å². The Morgan fingerprint density at radius 1 is 0.825 bits per heavy atom. The number of amides is 4. The van der Waals surface area contributed by atoms with Crippen LogP contribution in [-0.2, 0) is 16.1 Å². The molecule has 5 heterocycles. The molecule has 3 aromatic carbocycles. The monoisotopic (exact) mass is 554 g/mol. The number of hydrogen-bond donors (Lipinski definition) is 1. The van der Waals surface area contributed by atoms with Gasteiger partial charge in [0.05, 0.1) is 11.1 Å². The number of piperidine rings is 2. The molecule has 3 aromatic rings. The highest BCUT2D eigenvalue weighted by atomic mass is 35.5. The molecular formula is C31H27ClN4O4. The molecule has 8 nitrogen and oxygen atoms in total. The molecule has 5 aliphatic rings. The predicted molar refractivity (Wildman–Crippen MR) is 150 cm³/mol. The van der Waals surface area contributed by atoms with Gasteiger partial charge in [0.15, 0.2) is 0 Å². The zero-order chi connectivity index (χ0) is 27.5. The van der Waals surface area contributed by atoms with Crippen LogP contribution in [0.5, 0.6) is 0 Å². The first-order valence-corrected chi connectivity index (χ1v) is 14.0. The van der Waals surface area contributed by atoms with Gasteiger partial charge in [-0.2, -0.15) is 0 Å². The molecule has 8 rings (SSSR count). The van der Waals surface area contributed by atoms with E-state index in [1.165, 1.54) is 11.1 Å². The van der Waals surface area contributed by atoms with E-state index in [1.807, 2.05) is 18.2 Å². The van der Waals surface area contributed by atoms with Crippen LogP contribution in [0.15, 0.2) is 66.7 Å². The number of piperazine rings is 1. The first-order valence-electron chi connectivity index (χ1n) is 13.6. The lowest BCUT2D eigenvalue weighted by Crippen LogP contribution is -2.68. The highest BCUT2D eigenvalue weighted by molar-refractivity contribution is 6.30. The van der Waals surface area contributed by atoms with E-state index < -0.39 is 23.8 Å². The number of benzene rings is 3. The second-order valence-corrected chi connectivity index (χ2v) is 11.4. The Labute approximate surface area is 236 Å². The predicted octanol–water partition coefficient (Wildman–Crippen LogP) is 3.87. The molecule has 0 aliphatic carbocycles. The number of halogens is 1. The third kappa shape index (κ3) is 4.10. The van der Waals surface area contributed by atoms with E-state index in [-0.39, 0.29) is 18.7 Å². The van der Waals surface area contributed by atoms with Crippen LogP contribution < -0.4 is 10.2 Å². The number of carbonyl (C=O) groups is 4. The molecule has 0 aromatic heterocycles. The Hall–Kier alpha value is -4.01. The van der Waals surface area contributed by atoms with Gasteiger partial charge in [0.1, 0.15) is 6.04 Å². The van der Waals surface area contributed by atoms with Crippen molar-refractivity contribution in [3.8, 4) is 11.1 Å². The minimum absolute atomic E-state index is 0.103. The van der Waals surface area contributed by atoms with E-state index in [0.717, 1.165) is 47.2 Å². The average Bonchev–Trinajstić information content (AvgIpc) is 3.21. The summed E-state index contributed by atoms with van der Waals surface area (Å²) in [6, 6.07) is 21.6. The number of rotatable bonds is 5. The maximum absolute atomic E-state index is 13.3. The van der Waals surface area contributed by atoms with Gasteiger partial charge in [-0.05, 0) is 59.9 Å². The maximum atomic E-state index is 13.3. The largest absolute Gasteiger partial charge is 0.368 e. The second-order valence-electron chi connectivity index (χ2n) is 11.0. The van der Waals surface area contributed by atoms with Gasteiger partial charge in [-0.1, -0.05) is 48.0 Å². The van der Waals surface area contributed by atoms with Gasteiger partial charge >= 0.3 is 0 Å². The van der Waals surface area contributed by atoms with Gasteiger partial charge in [-0.25, -0.2) is 0 Å². The number of hydrogen-bond acceptors (Lipinski definition) is 6. The first kappa shape index (κ1) is 25.0. The minimum atomic E-state index is -0.958. The van der Waals surface area contributed by atoms with Crippen LogP contribution in [0.2, 0.25) is 5.02 Å². The SMILES string of the molecule is O=C1CCC(N2C(=O)c3ccc(N4CC5CC(C4)N5Cc4ccccc4-c4ccc(Cl)cc4)cc3C2=O)C(=O)N1. The van der Waals surface area contributed by atoms with E-state index in [1.54, 1.807) is 12.1 Å². The molecule has 5 aliphatic heterocycles. The van der Waals surface area contributed by atoms with Crippen LogP contribution in [0.1, 0.15) is 45.5 Å². The summed E-state index contributed by atoms with van der Waals surface area (Å²) < 4.78 is 0. The molecule has 2 bridgehead atoms. The van der Waals surface area contributed by atoms with Crippen LogP contribution >= 0.6 is 11.6 Å². The van der Waals surface area contributed by atoms with E-state index in [2.05, 4.69) is 51.5 Å². The minimum Gasteiger partial charge on any atom is -0.368 e. The molecule has 202 valence electrons. The summed E-state index contributed by atoms with van der Waals surface area (Å²) in [5, 5.41) is 2.96. The molecule has 4 fully saturated rings. The summed E-state index contributed by atoms with van der Waals surface area (Å²) in [7, 11) is 0. The fourth-order valence-electron chi connectivity index (χ4n) is 6.58. The van der Waals surface area contributed by atoms with E-state index in [4.69, 9.17) is 11.6 Å². The van der Waals surface area contributed by atoms with Crippen LogP contribution in [0, 0.1) is 0 Å². The van der Waals surface area contributed by atoms with Crippen molar-refractivity contribution >= 4 is 40.9 Å². The molecule has 0 saturated carbocycles. The molecule has 0 spiro atoms. The third-order valence-corrected chi connectivity index (χ3v) is 8.91. The molecule has 1 N–H and O–H groups in total. The van der Waals surface area contributed by atoms with Crippen LogP contribution in [0.4, 0.5) is 5.69 Å². The molecule has 4 amide bonds. The number of anilines is 1. The third-order valence-electron chi connectivity index (χ3n) is 8.66. The van der Waals surface area contributed by atoms with Crippen molar-refractivity contribution in [1.29, 1.82) is 0 Å². The van der Waals surface area contributed by atoms with Gasteiger partial charge < -0.3 is 4.90 Å². The van der Waals surface area contributed by atoms with Gasteiger partial charge in [0, 0.05) is 48.8 Å². The van der Waals surface area contributed by atoms with Crippen molar-refractivity contribution in [2.75, 3.05) is 18.0 Å². The number of fused-ring (bicyclic) bond motifs is 3. The van der Waals surface area contributed by atoms with Crippen molar-refractivity contribution in [3.05, 3.63) is 88.4 Å². The molecule has 40 heavy (non-hydrogen) atoms. The maximum Gasteiger partial charge on any atom is 0.262 e. The number of nitrogens with one attached hydrogen (secondary N) is 1. The molecule has 3 atom stereocenters. The first-order chi connectivity index (χ1) is 19.4. The van der Waals surface area contributed by atoms with Crippen LogP contribution in [0.3, 0.4) is 0 Å². The fraction of sp³-hybridized carbons (Fsp3) is 0.290. The van der Waals surface area contributed by atoms with E-state index in [0.29, 0.717) is 23.2 Å². The lowest BCUT2D eigenvalue weighted by molar-refractivity contribution is -0.136. The molecule has 9 heteroatoms. The van der Waals surface area contributed by atoms with Gasteiger partial charge in [0.2, 0.25) is 11.8 Å². The standard InChI is InChI=1S/C31H27ClN4O4/c32-20-7-5-18(6-8-20)24-4-2-1-3-19(24)15-35-22-13-23(35)17-34(16-22)21-9-10-25-26(14-21)31(40)36(30(25)39)27-11-12-28(37)33-29(27)38/h1-10,14,22-23,27H,11-13,15-17H2,(H,33,37,38). The summed E-state index contributed by atoms with van der Waals surface area (Å²) in [6.45, 7) is 2.52. The normalized spacial score (nSPS) is 24.2. The second kappa shape index (κ2) is 9.57. The van der Waals surface area contributed by atoms with Crippen molar-refractivity contribution in [3.63, 3.8) is 0 Å². The quantitative estimate of drug-likeness (QED) is 0.482. The highest BCUT2D eigenvalue weighted by Gasteiger charge is 2.47. The van der Waals surface area contributed by atoms with E-state index >= 15 is 0 Å². The number of imide groups is 2. The van der Waals surface area contributed by atoms with Crippen molar-refractivity contribution in [1.82, 2.24) is 15.1 Å². The Kier molecular flexibility index (Phi) is 5.98. The van der Waals surface area contributed by atoms with Crippen LogP contribution in [0.25, 0.3) is 11.1 Å². The number of nitrogens with zero attached hydrogens (tertiary/aromatic N) is 3. The lowest BCUT2D eigenvalue weighted by atomic mass is 9.85. The highest BCUT2D eigenvalue weighted by Crippen LogP contribution is 2.39. The molecular weight excluding hydrogens is 528 g/mol. The zero-order valence-corrected chi connectivity index (χ0v) is 22.4. The molecule has 3 unspecified atom stereocenters. The Balaban J connectivity index is 1.06. The Bertz CT molecular complexity index is 1560. The van der Waals surface area contributed by atoms with Crippen molar-refractivity contribution in [2.24, 2.45) is 0 Å². The van der Waals surface area contributed by atoms with Crippen molar-refractivity contribution < 1.29 is 19.2 Å². The summed E-state index contributed by atoms with van der Waals surface area (Å²) in [4.78, 5) is 56.1. The lowest BCUT2D eigenvalue weighted by Gasteiger charge is -2.57.